The van der Waals surface area contributed by atoms with Gasteiger partial charge in [-0.3, -0.25) is 19.3 Å². The molecule has 5 rings (SSSR count). The van der Waals surface area contributed by atoms with Crippen molar-refractivity contribution in [1.29, 1.82) is 0 Å². The van der Waals surface area contributed by atoms with E-state index < -0.39 is 58.0 Å². The smallest absolute Gasteiger partial charge is 0.255 e. The number of phenolic OH excluding ortho intramolecular Hbond substituents is 1. The highest BCUT2D eigenvalue weighted by Gasteiger charge is 2.64. The second-order valence-corrected chi connectivity index (χ2v) is 11.5. The summed E-state index contributed by atoms with van der Waals surface area (Å²) in [5.74, 6) is -6.42. The van der Waals surface area contributed by atoms with Crippen LogP contribution in [-0.4, -0.2) is 95.7 Å². The van der Waals surface area contributed by atoms with Crippen molar-refractivity contribution < 1.29 is 34.8 Å². The highest BCUT2D eigenvalue weighted by atomic mass is 16.3. The second kappa shape index (κ2) is 9.27. The maximum Gasteiger partial charge on any atom is 0.255 e. The minimum Gasteiger partial charge on any atom is -0.508 e. The van der Waals surface area contributed by atoms with Crippen molar-refractivity contribution in [2.24, 2.45) is 17.6 Å². The fourth-order valence-electron chi connectivity index (χ4n) is 7.05. The summed E-state index contributed by atoms with van der Waals surface area (Å²) in [5.41, 5.74) is 3.90. The van der Waals surface area contributed by atoms with Crippen molar-refractivity contribution in [2.75, 3.05) is 51.1 Å². The normalized spacial score (nSPS) is 28.9. The first-order valence-electron chi connectivity index (χ1n) is 13.3. The average molecular weight is 541 g/mol. The van der Waals surface area contributed by atoms with Crippen LogP contribution in [0.3, 0.4) is 0 Å². The molecule has 1 heterocycles. The number of ketones is 2. The molecule has 6 N–H and O–H groups in total. The Morgan fingerprint density at radius 3 is 2.28 bits per heavy atom. The molecular formula is C28H36N4O7. The van der Waals surface area contributed by atoms with E-state index in [1.807, 2.05) is 25.1 Å². The summed E-state index contributed by atoms with van der Waals surface area (Å²) in [6.07, 6.45) is 3.35. The number of benzene rings is 1. The zero-order valence-electron chi connectivity index (χ0n) is 22.7. The van der Waals surface area contributed by atoms with E-state index in [-0.39, 0.29) is 29.7 Å². The van der Waals surface area contributed by atoms with E-state index >= 15 is 0 Å². The number of phenols is 1. The van der Waals surface area contributed by atoms with E-state index in [4.69, 9.17) is 5.73 Å². The summed E-state index contributed by atoms with van der Waals surface area (Å²) in [6, 6.07) is 0.796. The lowest BCUT2D eigenvalue weighted by Gasteiger charge is -2.50. The fraction of sp³-hybridized carbons (Fsp3) is 0.536. The third-order valence-corrected chi connectivity index (χ3v) is 8.86. The predicted octanol–water partition coefficient (Wildman–Crippen LogP) is 1.02. The highest BCUT2D eigenvalue weighted by Crippen LogP contribution is 2.55. The molecule has 1 saturated carbocycles. The first kappa shape index (κ1) is 27.0. The largest absolute Gasteiger partial charge is 0.508 e. The summed E-state index contributed by atoms with van der Waals surface area (Å²) >= 11 is 0. The number of hydrogen-bond donors (Lipinski definition) is 5. The number of aromatic hydroxyl groups is 1. The second-order valence-electron chi connectivity index (χ2n) is 11.5. The van der Waals surface area contributed by atoms with Gasteiger partial charge in [-0.25, -0.2) is 0 Å². The molecule has 4 atom stereocenters. The maximum absolute atomic E-state index is 14.1. The van der Waals surface area contributed by atoms with Crippen LogP contribution in [0.2, 0.25) is 0 Å². The first-order chi connectivity index (χ1) is 18.3. The van der Waals surface area contributed by atoms with Crippen molar-refractivity contribution >= 4 is 34.6 Å². The molecule has 1 aromatic carbocycles. The quantitative estimate of drug-likeness (QED) is 0.348. The molecule has 1 aliphatic heterocycles. The van der Waals surface area contributed by atoms with E-state index in [2.05, 4.69) is 4.90 Å². The molecule has 1 unspecified atom stereocenters. The first-order valence-corrected chi connectivity index (χ1v) is 13.3. The van der Waals surface area contributed by atoms with Gasteiger partial charge in [0.05, 0.1) is 17.3 Å². The van der Waals surface area contributed by atoms with E-state index in [1.165, 1.54) is 4.90 Å². The summed E-state index contributed by atoms with van der Waals surface area (Å²) in [7, 11) is 6.89. The summed E-state index contributed by atoms with van der Waals surface area (Å²) in [6.45, 7) is 1.49. The van der Waals surface area contributed by atoms with Crippen LogP contribution in [0.5, 0.6) is 5.75 Å². The SMILES string of the molecule is CN(C)c1cc(N2CCCCC2)c(O)c2c1C[C@H]1C[C@H]3C(N(C)C)C(=O)C(C(N)=O)=C(O)[C@@]3(O)C(=O)C1=C2O. The van der Waals surface area contributed by atoms with Gasteiger partial charge in [-0.2, -0.15) is 0 Å². The van der Waals surface area contributed by atoms with Crippen molar-refractivity contribution in [2.45, 2.75) is 43.7 Å². The van der Waals surface area contributed by atoms with Gasteiger partial charge in [0.2, 0.25) is 5.78 Å². The zero-order chi connectivity index (χ0) is 28.5. The lowest BCUT2D eigenvalue weighted by molar-refractivity contribution is -0.153. The van der Waals surface area contributed by atoms with Gasteiger partial charge in [0.1, 0.15) is 22.8 Å². The molecule has 0 aromatic heterocycles. The summed E-state index contributed by atoms with van der Waals surface area (Å²) in [5, 5.41) is 45.9. The minimum absolute atomic E-state index is 0.0628. The lowest BCUT2D eigenvalue weighted by Crippen LogP contribution is -2.65. The Morgan fingerprint density at radius 1 is 1.08 bits per heavy atom. The molecule has 11 nitrogen and oxygen atoms in total. The monoisotopic (exact) mass is 540 g/mol. The van der Waals surface area contributed by atoms with Crippen molar-refractivity contribution in [3.8, 4) is 5.75 Å². The van der Waals surface area contributed by atoms with Crippen molar-refractivity contribution in [3.05, 3.63) is 34.1 Å². The Hall–Kier alpha value is -3.57. The Bertz CT molecular complexity index is 1340. The van der Waals surface area contributed by atoms with Crippen LogP contribution >= 0.6 is 0 Å². The maximum atomic E-state index is 14.1. The molecule has 1 saturated heterocycles. The number of carbonyl (C=O) groups excluding carboxylic acids is 3. The van der Waals surface area contributed by atoms with E-state index in [9.17, 15) is 34.8 Å². The molecule has 39 heavy (non-hydrogen) atoms. The van der Waals surface area contributed by atoms with Crippen LogP contribution in [0.4, 0.5) is 11.4 Å². The van der Waals surface area contributed by atoms with Crippen LogP contribution in [-0.2, 0) is 20.8 Å². The number of hydrogen-bond acceptors (Lipinski definition) is 10. The van der Waals surface area contributed by atoms with Gasteiger partial charge in [0.15, 0.2) is 11.4 Å². The number of Topliss-reactive ketones (excluding diaryl/α,β-unsaturated/α-hetero) is 2. The van der Waals surface area contributed by atoms with E-state index in [0.29, 0.717) is 11.3 Å². The summed E-state index contributed by atoms with van der Waals surface area (Å²) in [4.78, 5) is 44.9. The van der Waals surface area contributed by atoms with Crippen LogP contribution in [0.25, 0.3) is 5.76 Å². The molecule has 3 aliphatic carbocycles. The number of amides is 1. The zero-order valence-corrected chi connectivity index (χ0v) is 22.7. The number of aliphatic hydroxyl groups is 3. The molecule has 0 bridgehead atoms. The molecule has 2 fully saturated rings. The molecule has 0 radical (unpaired) electrons. The number of rotatable bonds is 4. The number of nitrogens with zero attached hydrogens (tertiary/aromatic N) is 3. The van der Waals surface area contributed by atoms with Gasteiger partial charge in [-0.15, -0.1) is 0 Å². The molecule has 11 heteroatoms. The lowest BCUT2D eigenvalue weighted by atomic mass is 9.57. The topological polar surface area (TPSA) is 168 Å². The van der Waals surface area contributed by atoms with Crippen LogP contribution < -0.4 is 15.5 Å². The number of aliphatic hydroxyl groups excluding tert-OH is 2. The van der Waals surface area contributed by atoms with Crippen molar-refractivity contribution in [1.82, 2.24) is 4.90 Å². The highest BCUT2D eigenvalue weighted by molar-refractivity contribution is 6.24. The number of primary amides is 1. The van der Waals surface area contributed by atoms with Gasteiger partial charge in [0.25, 0.3) is 5.91 Å². The molecule has 4 aliphatic rings. The third kappa shape index (κ3) is 3.74. The number of piperidine rings is 1. The number of nitrogens with two attached hydrogens (primary N) is 1. The molecule has 1 amide bonds. The number of fused-ring (bicyclic) bond motifs is 3. The Balaban J connectivity index is 1.74. The predicted molar refractivity (Wildman–Crippen MR) is 145 cm³/mol. The van der Waals surface area contributed by atoms with Crippen molar-refractivity contribution in [3.63, 3.8) is 0 Å². The van der Waals surface area contributed by atoms with Gasteiger partial charge in [-0.1, -0.05) is 0 Å². The fourth-order valence-corrected chi connectivity index (χ4v) is 7.05. The Kier molecular flexibility index (Phi) is 6.42. The van der Waals surface area contributed by atoms with Gasteiger partial charge in [-0.05, 0) is 63.7 Å². The molecule has 1 aromatic rings. The summed E-state index contributed by atoms with van der Waals surface area (Å²) < 4.78 is 0. The Morgan fingerprint density at radius 2 is 1.72 bits per heavy atom. The number of carbonyl (C=O) groups is 3. The molecule has 0 spiro atoms. The standard InChI is InChI=1S/C28H36N4O7/c1-30(2)16-12-17(32-8-6-5-7-9-32)22(33)19-14(16)10-13-11-15-21(31(3)4)24(35)20(27(29)38)26(37)28(15,39)25(36)18(13)23(19)34/h12-13,15,21,33-34,37,39H,5-11H2,1-4H3,(H2,29,38)/t13-,15-,21?,28-/m0/s1. The molecular weight excluding hydrogens is 504 g/mol. The minimum atomic E-state index is -2.64. The van der Waals surface area contributed by atoms with Gasteiger partial charge < -0.3 is 36.0 Å². The van der Waals surface area contributed by atoms with Gasteiger partial charge >= 0.3 is 0 Å². The Labute approximate surface area is 226 Å². The van der Waals surface area contributed by atoms with Crippen LogP contribution in [0, 0.1) is 11.8 Å². The third-order valence-electron chi connectivity index (χ3n) is 8.86. The van der Waals surface area contributed by atoms with E-state index in [0.717, 1.165) is 38.0 Å². The average Bonchev–Trinajstić information content (AvgIpc) is 2.86. The van der Waals surface area contributed by atoms with Crippen LogP contribution in [0.1, 0.15) is 36.8 Å². The molecule has 210 valence electrons. The van der Waals surface area contributed by atoms with Gasteiger partial charge in [0, 0.05) is 44.4 Å². The number of likely N-dealkylation sites (N-methyl/N-ethyl adjacent to an activating group) is 1. The van der Waals surface area contributed by atoms with Crippen LogP contribution in [0.15, 0.2) is 23.0 Å². The van der Waals surface area contributed by atoms with E-state index in [1.54, 1.807) is 14.1 Å². The number of anilines is 2.